The van der Waals surface area contributed by atoms with Gasteiger partial charge in [0.15, 0.2) is 0 Å². The van der Waals surface area contributed by atoms with Crippen LogP contribution in [0.1, 0.15) is 71.7 Å². The number of carbonyl (C=O) groups is 2. The number of H-pyrrole nitrogens is 1. The summed E-state index contributed by atoms with van der Waals surface area (Å²) in [5.74, 6) is 0.711. The van der Waals surface area contributed by atoms with Crippen molar-refractivity contribution < 1.29 is 23.6 Å². The number of hydrogen-bond donors (Lipinski definition) is 2. The summed E-state index contributed by atoms with van der Waals surface area (Å²) in [6.07, 6.45) is 4.75. The molecule has 0 unspecified atom stereocenters. The summed E-state index contributed by atoms with van der Waals surface area (Å²) in [6, 6.07) is 13.4. The van der Waals surface area contributed by atoms with E-state index in [0.29, 0.717) is 0 Å². The Morgan fingerprint density at radius 2 is 1.88 bits per heavy atom. The summed E-state index contributed by atoms with van der Waals surface area (Å²) < 4.78 is 17.2. The van der Waals surface area contributed by atoms with Crippen LogP contribution in [0.3, 0.4) is 0 Å². The number of nitrogens with zero attached hydrogens (tertiary/aromatic N) is 3. The molecule has 2 N–H and O–H groups in total. The number of aromatic nitrogens is 2. The van der Waals surface area contributed by atoms with Gasteiger partial charge >= 0.3 is 13.2 Å². The maximum Gasteiger partial charge on any atom is 0.494 e. The summed E-state index contributed by atoms with van der Waals surface area (Å²) in [5, 5.41) is 14.1. The molecule has 224 valence electrons. The number of aromatic amines is 1. The second-order valence-corrected chi connectivity index (χ2v) is 12.9. The number of likely N-dealkylation sites (tertiary alicyclic amines) is 1. The van der Waals surface area contributed by atoms with Crippen molar-refractivity contribution in [2.75, 3.05) is 7.11 Å². The number of nitrogens with one attached hydrogen (secondary N) is 2. The topological polar surface area (TPSA) is 130 Å². The molecule has 2 aromatic carbocycles. The summed E-state index contributed by atoms with van der Waals surface area (Å²) >= 11 is 0. The number of ether oxygens (including phenoxy) is 1. The van der Waals surface area contributed by atoms with Crippen LogP contribution in [-0.4, -0.2) is 64.4 Å². The number of amides is 2. The molecule has 3 heterocycles. The monoisotopic (exact) mass is 583 g/mol. The molecule has 1 aromatic heterocycles. The van der Waals surface area contributed by atoms with E-state index in [1.807, 2.05) is 17.2 Å². The molecule has 2 bridgehead atoms. The van der Waals surface area contributed by atoms with Crippen LogP contribution in [0.4, 0.5) is 4.79 Å². The standard InChI is InChI=1S/C32H38BN5O5/c1-31(2)32(3,4)43-33(42-31)23-12-11-19-15-21(10-9-20(19)16-23)26-18-35-28(36-26)27-22-7-6-8-24(17-22)38(27)29(39)25(13-14-34)37-30(40)41-5/h9-12,15-16,18,22,24-25,27H,6-8,13,17H2,1-5H3,(H,35,36)(H,37,40)/t22-,24+,25-,27-/m0/s1. The molecule has 3 fully saturated rings. The van der Waals surface area contributed by atoms with Gasteiger partial charge in [-0.15, -0.1) is 0 Å². The van der Waals surface area contributed by atoms with E-state index >= 15 is 0 Å². The van der Waals surface area contributed by atoms with Crippen LogP contribution in [0.15, 0.2) is 42.6 Å². The Balaban J connectivity index is 1.26. The minimum Gasteiger partial charge on any atom is -0.453 e. The summed E-state index contributed by atoms with van der Waals surface area (Å²) in [7, 11) is 0.821. The molecule has 4 atom stereocenters. The largest absolute Gasteiger partial charge is 0.494 e. The number of rotatable bonds is 6. The molecule has 1 saturated carbocycles. The second-order valence-electron chi connectivity index (χ2n) is 12.9. The van der Waals surface area contributed by atoms with E-state index < -0.39 is 30.5 Å². The van der Waals surface area contributed by atoms with Crippen LogP contribution in [0.5, 0.6) is 0 Å². The van der Waals surface area contributed by atoms with Crippen LogP contribution in [0, 0.1) is 17.2 Å². The van der Waals surface area contributed by atoms with Crippen molar-refractivity contribution >= 4 is 35.4 Å². The van der Waals surface area contributed by atoms with Crippen molar-refractivity contribution in [3.05, 3.63) is 48.4 Å². The molecule has 3 aliphatic rings. The Morgan fingerprint density at radius 1 is 1.16 bits per heavy atom. The lowest BCUT2D eigenvalue weighted by Crippen LogP contribution is -2.50. The van der Waals surface area contributed by atoms with Gasteiger partial charge in [-0.05, 0) is 75.2 Å². The van der Waals surface area contributed by atoms with Gasteiger partial charge in [-0.2, -0.15) is 5.26 Å². The quantitative estimate of drug-likeness (QED) is 0.406. The van der Waals surface area contributed by atoms with Crippen LogP contribution >= 0.6 is 0 Å². The highest BCUT2D eigenvalue weighted by molar-refractivity contribution is 6.62. The number of carbonyl (C=O) groups excluding carboxylic acids is 2. The highest BCUT2D eigenvalue weighted by atomic mass is 16.7. The molecule has 0 spiro atoms. The lowest BCUT2D eigenvalue weighted by molar-refractivity contribution is -0.136. The number of alkyl carbamates (subject to hydrolysis) is 1. The molecule has 2 amide bonds. The highest BCUT2D eigenvalue weighted by Crippen LogP contribution is 2.48. The number of nitriles is 1. The number of methoxy groups -OCH3 is 1. The van der Waals surface area contributed by atoms with E-state index in [4.69, 9.17) is 19.0 Å². The average Bonchev–Trinajstić information content (AvgIpc) is 3.63. The summed E-state index contributed by atoms with van der Waals surface area (Å²) in [4.78, 5) is 35.8. The fourth-order valence-electron chi connectivity index (χ4n) is 6.73. The molecule has 2 aliphatic heterocycles. The summed E-state index contributed by atoms with van der Waals surface area (Å²) in [5.41, 5.74) is 2.03. The lowest BCUT2D eigenvalue weighted by atomic mass is 9.78. The van der Waals surface area contributed by atoms with E-state index in [-0.39, 0.29) is 30.3 Å². The second kappa shape index (κ2) is 11.0. The van der Waals surface area contributed by atoms with Crippen LogP contribution in [-0.2, 0) is 18.8 Å². The third-order valence-electron chi connectivity index (χ3n) is 9.73. The predicted octanol–water partition coefficient (Wildman–Crippen LogP) is 4.61. The van der Waals surface area contributed by atoms with Crippen molar-refractivity contribution in [3.63, 3.8) is 0 Å². The fourth-order valence-corrected chi connectivity index (χ4v) is 6.73. The maximum atomic E-state index is 13.8. The SMILES string of the molecule is COC(=O)N[C@@H](CC#N)C(=O)N1[C@@H]2CCC[C@@H](C2)[C@H]1c1ncc(-c2ccc3cc(B4OC(C)(C)C(C)(C)O4)ccc3c2)[nH]1. The van der Waals surface area contributed by atoms with Crippen molar-refractivity contribution in [2.24, 2.45) is 5.92 Å². The first kappa shape index (κ1) is 29.2. The number of hydrogen-bond acceptors (Lipinski definition) is 7. The van der Waals surface area contributed by atoms with Gasteiger partial charge in [0.1, 0.15) is 11.9 Å². The van der Waals surface area contributed by atoms with Crippen LogP contribution < -0.4 is 10.8 Å². The predicted molar refractivity (Wildman–Crippen MR) is 162 cm³/mol. The minimum absolute atomic E-state index is 0.0456. The third kappa shape index (κ3) is 5.27. The van der Waals surface area contributed by atoms with Gasteiger partial charge in [0, 0.05) is 11.6 Å². The molecular weight excluding hydrogens is 545 g/mol. The molecule has 0 radical (unpaired) electrons. The van der Waals surface area contributed by atoms with Crippen LogP contribution in [0.25, 0.3) is 22.0 Å². The lowest BCUT2D eigenvalue weighted by Gasteiger charge is -2.32. The fraction of sp³-hybridized carbons (Fsp3) is 0.500. The molecule has 2 saturated heterocycles. The molecule has 1 aliphatic carbocycles. The molecular formula is C32H38BN5O5. The van der Waals surface area contributed by atoms with Gasteiger partial charge in [-0.25, -0.2) is 9.78 Å². The number of imidazole rings is 1. The zero-order valence-electron chi connectivity index (χ0n) is 25.3. The zero-order chi connectivity index (χ0) is 30.5. The first-order chi connectivity index (χ1) is 20.5. The van der Waals surface area contributed by atoms with Gasteiger partial charge in [0.25, 0.3) is 0 Å². The first-order valence-electron chi connectivity index (χ1n) is 15.0. The van der Waals surface area contributed by atoms with Crippen molar-refractivity contribution in [3.8, 4) is 17.3 Å². The Bertz CT molecular complexity index is 1580. The van der Waals surface area contributed by atoms with E-state index in [0.717, 1.165) is 59.0 Å². The zero-order valence-corrected chi connectivity index (χ0v) is 25.3. The van der Waals surface area contributed by atoms with Crippen LogP contribution in [0.2, 0.25) is 0 Å². The Morgan fingerprint density at radius 3 is 2.60 bits per heavy atom. The first-order valence-corrected chi connectivity index (χ1v) is 15.0. The molecule has 10 nitrogen and oxygen atoms in total. The maximum absolute atomic E-state index is 13.8. The number of fused-ring (bicyclic) bond motifs is 3. The van der Waals surface area contributed by atoms with Gasteiger partial charge in [0.2, 0.25) is 5.91 Å². The Kier molecular flexibility index (Phi) is 7.47. The smallest absolute Gasteiger partial charge is 0.453 e. The van der Waals surface area contributed by atoms with Crippen molar-refractivity contribution in [1.29, 1.82) is 5.26 Å². The Hall–Kier alpha value is -3.88. The van der Waals surface area contributed by atoms with Crippen molar-refractivity contribution in [2.45, 2.75) is 89.1 Å². The molecule has 3 aromatic rings. The van der Waals surface area contributed by atoms with E-state index in [9.17, 15) is 14.9 Å². The molecule has 11 heteroatoms. The van der Waals surface area contributed by atoms with Gasteiger partial charge < -0.3 is 29.2 Å². The molecule has 43 heavy (non-hydrogen) atoms. The van der Waals surface area contributed by atoms with Gasteiger partial charge in [0.05, 0.1) is 48.7 Å². The van der Waals surface area contributed by atoms with Crippen molar-refractivity contribution in [1.82, 2.24) is 20.2 Å². The van der Waals surface area contributed by atoms with Gasteiger partial charge in [-0.1, -0.05) is 36.8 Å². The third-order valence-corrected chi connectivity index (χ3v) is 9.73. The van der Waals surface area contributed by atoms with Gasteiger partial charge in [-0.3, -0.25) is 4.79 Å². The van der Waals surface area contributed by atoms with E-state index in [1.54, 1.807) is 0 Å². The molecule has 6 rings (SSSR count). The minimum atomic E-state index is -0.976. The average molecular weight is 583 g/mol. The summed E-state index contributed by atoms with van der Waals surface area (Å²) in [6.45, 7) is 8.21. The Labute approximate surface area is 252 Å². The van der Waals surface area contributed by atoms with E-state index in [2.05, 4.69) is 74.4 Å². The normalized spacial score (nSPS) is 24.5. The highest BCUT2D eigenvalue weighted by Gasteiger charge is 2.52. The number of benzene rings is 2. The van der Waals surface area contributed by atoms with E-state index in [1.165, 1.54) is 7.11 Å².